The van der Waals surface area contributed by atoms with Crippen LogP contribution in [-0.2, 0) is 6.54 Å². The molecule has 7 heteroatoms. The lowest BCUT2D eigenvalue weighted by Crippen LogP contribution is -2.03. The zero-order valence-electron chi connectivity index (χ0n) is 11.1. The summed E-state index contributed by atoms with van der Waals surface area (Å²) in [5, 5.41) is 10.4. The molecule has 0 aliphatic rings. The molecule has 0 aliphatic heterocycles. The maximum Gasteiger partial charge on any atom is 0.191 e. The van der Waals surface area contributed by atoms with Crippen LogP contribution < -0.4 is 0 Å². The predicted octanol–water partition coefficient (Wildman–Crippen LogP) is 4.62. The summed E-state index contributed by atoms with van der Waals surface area (Å²) in [5.74, 6) is 1.52. The van der Waals surface area contributed by atoms with E-state index in [4.69, 9.17) is 27.6 Å². The van der Waals surface area contributed by atoms with Gasteiger partial charge in [0.25, 0.3) is 0 Å². The summed E-state index contributed by atoms with van der Waals surface area (Å²) in [6.45, 7) is 0.546. The molecule has 0 bridgehead atoms. The minimum Gasteiger partial charge on any atom is -0.467 e. The highest BCUT2D eigenvalue weighted by atomic mass is 35.5. The minimum absolute atomic E-state index is 0.545. The van der Waals surface area contributed by atoms with Crippen molar-refractivity contribution in [2.45, 2.75) is 11.7 Å². The van der Waals surface area contributed by atoms with E-state index >= 15 is 0 Å². The quantitative estimate of drug-likeness (QED) is 0.650. The van der Waals surface area contributed by atoms with E-state index < -0.39 is 0 Å². The molecule has 0 atom stereocenters. The van der Waals surface area contributed by atoms with Gasteiger partial charge in [-0.05, 0) is 36.6 Å². The molecule has 0 spiro atoms. The van der Waals surface area contributed by atoms with E-state index in [2.05, 4.69) is 10.2 Å². The molecule has 3 rings (SSSR count). The van der Waals surface area contributed by atoms with Gasteiger partial charge in [-0.15, -0.1) is 10.2 Å². The normalized spacial score (nSPS) is 11.0. The van der Waals surface area contributed by atoms with Gasteiger partial charge in [-0.3, -0.25) is 4.57 Å². The Morgan fingerprint density at radius 1 is 1.24 bits per heavy atom. The zero-order valence-corrected chi connectivity index (χ0v) is 13.4. The second-order valence-electron chi connectivity index (χ2n) is 4.30. The Labute approximate surface area is 136 Å². The van der Waals surface area contributed by atoms with Crippen LogP contribution in [0.25, 0.3) is 11.4 Å². The Hall–Kier alpha value is -1.43. The molecule has 0 saturated carbocycles. The highest BCUT2D eigenvalue weighted by molar-refractivity contribution is 7.98. The number of hydrogen-bond donors (Lipinski definition) is 0. The number of rotatable bonds is 4. The topological polar surface area (TPSA) is 43.9 Å². The number of nitrogens with zero attached hydrogens (tertiary/aromatic N) is 3. The molecule has 21 heavy (non-hydrogen) atoms. The van der Waals surface area contributed by atoms with Crippen molar-refractivity contribution in [2.24, 2.45) is 0 Å². The van der Waals surface area contributed by atoms with Crippen LogP contribution in [0.3, 0.4) is 0 Å². The van der Waals surface area contributed by atoms with Gasteiger partial charge in [-0.1, -0.05) is 35.0 Å². The molecule has 0 fully saturated rings. The molecule has 3 aromatic rings. The molecule has 0 N–H and O–H groups in total. The predicted molar refractivity (Wildman–Crippen MR) is 85.1 cm³/mol. The molecule has 0 radical (unpaired) electrons. The third-order valence-corrected chi connectivity index (χ3v) is 4.18. The van der Waals surface area contributed by atoms with Crippen molar-refractivity contribution in [2.75, 3.05) is 6.26 Å². The van der Waals surface area contributed by atoms with Gasteiger partial charge in [0.05, 0.1) is 17.8 Å². The monoisotopic (exact) mass is 339 g/mol. The first-order valence-electron chi connectivity index (χ1n) is 6.14. The zero-order chi connectivity index (χ0) is 14.8. The van der Waals surface area contributed by atoms with Crippen molar-refractivity contribution < 1.29 is 4.42 Å². The van der Waals surface area contributed by atoms with Crippen molar-refractivity contribution in [1.82, 2.24) is 14.8 Å². The Bertz CT molecular complexity index is 756. The van der Waals surface area contributed by atoms with Crippen molar-refractivity contribution in [3.8, 4) is 11.4 Å². The Morgan fingerprint density at radius 2 is 2.10 bits per heavy atom. The molecule has 2 heterocycles. The number of furan rings is 1. The first-order valence-corrected chi connectivity index (χ1v) is 8.12. The van der Waals surface area contributed by atoms with E-state index in [1.54, 1.807) is 18.4 Å². The molecular formula is C14H11Cl2N3OS. The van der Waals surface area contributed by atoms with Gasteiger partial charge in [0, 0.05) is 10.6 Å². The molecule has 0 amide bonds. The number of thioether (sulfide) groups is 1. The van der Waals surface area contributed by atoms with Gasteiger partial charge in [-0.2, -0.15) is 0 Å². The van der Waals surface area contributed by atoms with Crippen molar-refractivity contribution in [3.63, 3.8) is 0 Å². The highest BCUT2D eigenvalue weighted by Crippen LogP contribution is 2.31. The number of benzene rings is 1. The second kappa shape index (κ2) is 6.13. The van der Waals surface area contributed by atoms with Crippen LogP contribution >= 0.6 is 35.0 Å². The minimum atomic E-state index is 0.545. The number of aromatic nitrogens is 3. The van der Waals surface area contributed by atoms with Gasteiger partial charge in [0.2, 0.25) is 0 Å². The fraction of sp³-hybridized carbons (Fsp3) is 0.143. The fourth-order valence-electron chi connectivity index (χ4n) is 2.01. The van der Waals surface area contributed by atoms with Crippen LogP contribution in [0.4, 0.5) is 0 Å². The van der Waals surface area contributed by atoms with Crippen LogP contribution in [0.5, 0.6) is 0 Å². The van der Waals surface area contributed by atoms with Crippen molar-refractivity contribution >= 4 is 35.0 Å². The Balaban J connectivity index is 2.08. The first-order chi connectivity index (χ1) is 10.2. The summed E-state index contributed by atoms with van der Waals surface area (Å²) in [4.78, 5) is 0. The average molecular weight is 340 g/mol. The van der Waals surface area contributed by atoms with Crippen LogP contribution in [-0.4, -0.2) is 21.0 Å². The van der Waals surface area contributed by atoms with Gasteiger partial charge < -0.3 is 4.42 Å². The maximum absolute atomic E-state index is 6.27. The lowest BCUT2D eigenvalue weighted by atomic mass is 10.2. The fourth-order valence-corrected chi connectivity index (χ4v) is 3.00. The van der Waals surface area contributed by atoms with Gasteiger partial charge in [-0.25, -0.2) is 0 Å². The van der Waals surface area contributed by atoms with Crippen LogP contribution in [0.15, 0.2) is 46.2 Å². The summed E-state index contributed by atoms with van der Waals surface area (Å²) >= 11 is 13.7. The molecule has 2 aromatic heterocycles. The molecule has 1 aromatic carbocycles. The highest BCUT2D eigenvalue weighted by Gasteiger charge is 2.17. The SMILES string of the molecule is CSc1nnc(-c2ccc(Cl)cc2Cl)n1Cc1ccco1. The van der Waals surface area contributed by atoms with Crippen molar-refractivity contribution in [3.05, 3.63) is 52.4 Å². The summed E-state index contributed by atoms with van der Waals surface area (Å²) < 4.78 is 7.38. The van der Waals surface area contributed by atoms with Gasteiger partial charge >= 0.3 is 0 Å². The number of halogens is 2. The van der Waals surface area contributed by atoms with Crippen molar-refractivity contribution in [1.29, 1.82) is 0 Å². The Morgan fingerprint density at radius 3 is 2.76 bits per heavy atom. The Kier molecular flexibility index (Phi) is 4.24. The van der Waals surface area contributed by atoms with Crippen LogP contribution in [0, 0.1) is 0 Å². The molecule has 4 nitrogen and oxygen atoms in total. The second-order valence-corrected chi connectivity index (χ2v) is 5.92. The third kappa shape index (κ3) is 2.95. The lowest BCUT2D eigenvalue weighted by molar-refractivity contribution is 0.485. The smallest absolute Gasteiger partial charge is 0.191 e. The van der Waals surface area contributed by atoms with Gasteiger partial charge in [0.1, 0.15) is 5.76 Å². The maximum atomic E-state index is 6.27. The molecular weight excluding hydrogens is 329 g/mol. The summed E-state index contributed by atoms with van der Waals surface area (Å²) in [5.41, 5.74) is 0.792. The third-order valence-electron chi connectivity index (χ3n) is 2.97. The summed E-state index contributed by atoms with van der Waals surface area (Å²) in [6.07, 6.45) is 3.60. The standard InChI is InChI=1S/C14H11Cl2N3OS/c1-21-14-18-17-13(11-5-4-9(15)7-12(11)16)19(14)8-10-3-2-6-20-10/h2-7H,8H2,1H3. The molecule has 0 unspecified atom stereocenters. The van der Waals surface area contributed by atoms with E-state index in [0.717, 1.165) is 16.5 Å². The molecule has 0 saturated heterocycles. The molecule has 0 aliphatic carbocycles. The van der Waals surface area contributed by atoms with E-state index in [-0.39, 0.29) is 0 Å². The summed E-state index contributed by atoms with van der Waals surface area (Å²) in [6, 6.07) is 9.10. The van der Waals surface area contributed by atoms with E-state index in [9.17, 15) is 0 Å². The number of hydrogen-bond acceptors (Lipinski definition) is 4. The van der Waals surface area contributed by atoms with Gasteiger partial charge in [0.15, 0.2) is 11.0 Å². The van der Waals surface area contributed by atoms with Crippen LogP contribution in [0.2, 0.25) is 10.0 Å². The molecule has 108 valence electrons. The summed E-state index contributed by atoms with van der Waals surface area (Å²) in [7, 11) is 0. The van der Waals surface area contributed by atoms with E-state index in [1.807, 2.05) is 29.0 Å². The average Bonchev–Trinajstić information content (AvgIpc) is 3.09. The first kappa shape index (κ1) is 14.5. The van der Waals surface area contributed by atoms with E-state index in [0.29, 0.717) is 22.4 Å². The van der Waals surface area contributed by atoms with E-state index in [1.165, 1.54) is 11.8 Å². The van der Waals surface area contributed by atoms with Crippen LogP contribution in [0.1, 0.15) is 5.76 Å². The largest absolute Gasteiger partial charge is 0.467 e. The lowest BCUT2D eigenvalue weighted by Gasteiger charge is -2.09.